The Bertz CT molecular complexity index is 1110. The first-order valence-electron chi connectivity index (χ1n) is 8.11. The van der Waals surface area contributed by atoms with Crippen LogP contribution in [-0.2, 0) is 16.4 Å². The van der Waals surface area contributed by atoms with Crippen molar-refractivity contribution in [2.45, 2.75) is 6.61 Å². The Morgan fingerprint density at radius 2 is 1.85 bits per heavy atom. The highest BCUT2D eigenvalue weighted by molar-refractivity contribution is 6.02. The van der Waals surface area contributed by atoms with Crippen LogP contribution in [0, 0.1) is 0 Å². The summed E-state index contributed by atoms with van der Waals surface area (Å²) in [4.78, 5) is 21.7. The summed E-state index contributed by atoms with van der Waals surface area (Å²) < 4.78 is 5.88. The van der Waals surface area contributed by atoms with Crippen LogP contribution in [0.25, 0.3) is 33.4 Å². The molecule has 0 saturated heterocycles. The van der Waals surface area contributed by atoms with Crippen molar-refractivity contribution in [2.75, 3.05) is 7.11 Å². The first-order chi connectivity index (χ1) is 12.7. The molecule has 26 heavy (non-hydrogen) atoms. The number of fused-ring (bicyclic) bond motifs is 2. The number of aromatic hydroxyl groups is 1. The lowest BCUT2D eigenvalue weighted by Gasteiger charge is -2.17. The molecule has 0 fully saturated rings. The summed E-state index contributed by atoms with van der Waals surface area (Å²) >= 11 is 0. The standard InChI is InChI=1S/C21H16O5/c1-24-25-12-13-4-2-3-5-16(13)21-17-8-6-14(22)10-19(17)26-20-11-15(23)7-9-18(20)21/h2-11,22H,12H2,1H3. The minimum absolute atomic E-state index is 0.0980. The van der Waals surface area contributed by atoms with Crippen LogP contribution < -0.4 is 5.43 Å². The second-order valence-corrected chi connectivity index (χ2v) is 5.90. The Balaban J connectivity index is 2.09. The molecule has 0 amide bonds. The first-order valence-corrected chi connectivity index (χ1v) is 8.11. The van der Waals surface area contributed by atoms with Crippen molar-refractivity contribution in [3.8, 4) is 28.2 Å². The fourth-order valence-corrected chi connectivity index (χ4v) is 3.16. The third-order valence-electron chi connectivity index (χ3n) is 4.30. The van der Waals surface area contributed by atoms with Crippen molar-refractivity contribution >= 4 is 11.0 Å². The van der Waals surface area contributed by atoms with Crippen molar-refractivity contribution < 1.29 is 19.3 Å². The largest absolute Gasteiger partial charge is 0.508 e. The zero-order valence-corrected chi connectivity index (χ0v) is 14.1. The Morgan fingerprint density at radius 1 is 1.00 bits per heavy atom. The third kappa shape index (κ3) is 2.83. The van der Waals surface area contributed by atoms with Crippen LogP contribution >= 0.6 is 0 Å². The molecular weight excluding hydrogens is 332 g/mol. The molecule has 1 aliphatic heterocycles. The Kier molecular flexibility index (Phi) is 4.16. The van der Waals surface area contributed by atoms with Crippen LogP contribution in [0.3, 0.4) is 0 Å². The van der Waals surface area contributed by atoms with E-state index in [1.165, 1.54) is 19.2 Å². The number of hydrogen-bond donors (Lipinski definition) is 1. The molecule has 0 atom stereocenters. The molecular formula is C21H16O5. The van der Waals surface area contributed by atoms with Crippen LogP contribution in [0.15, 0.2) is 69.9 Å². The van der Waals surface area contributed by atoms with E-state index in [-0.39, 0.29) is 17.8 Å². The molecule has 1 heterocycles. The average molecular weight is 348 g/mol. The summed E-state index contributed by atoms with van der Waals surface area (Å²) in [6.07, 6.45) is 0. The molecule has 0 unspecified atom stereocenters. The van der Waals surface area contributed by atoms with Gasteiger partial charge in [-0.1, -0.05) is 24.3 Å². The zero-order chi connectivity index (χ0) is 18.1. The van der Waals surface area contributed by atoms with E-state index in [9.17, 15) is 9.90 Å². The summed E-state index contributed by atoms with van der Waals surface area (Å²) in [6, 6.07) is 17.5. The number of hydrogen-bond acceptors (Lipinski definition) is 5. The Morgan fingerprint density at radius 3 is 2.69 bits per heavy atom. The van der Waals surface area contributed by atoms with Gasteiger partial charge >= 0.3 is 0 Å². The van der Waals surface area contributed by atoms with Crippen molar-refractivity contribution in [1.82, 2.24) is 0 Å². The Labute approximate surface area is 149 Å². The zero-order valence-electron chi connectivity index (χ0n) is 14.1. The average Bonchev–Trinajstić information content (AvgIpc) is 2.64. The molecule has 2 aliphatic rings. The first kappa shape index (κ1) is 16.3. The fourth-order valence-electron chi connectivity index (χ4n) is 3.16. The van der Waals surface area contributed by atoms with Crippen LogP contribution in [0.5, 0.6) is 5.75 Å². The van der Waals surface area contributed by atoms with Gasteiger partial charge in [0.25, 0.3) is 0 Å². The molecule has 5 nitrogen and oxygen atoms in total. The minimum atomic E-state index is -0.136. The summed E-state index contributed by atoms with van der Waals surface area (Å²) in [5.74, 6) is 0.564. The number of benzene rings is 3. The van der Waals surface area contributed by atoms with Crippen LogP contribution in [0.4, 0.5) is 0 Å². The van der Waals surface area contributed by atoms with E-state index in [0.29, 0.717) is 11.3 Å². The highest BCUT2D eigenvalue weighted by Gasteiger charge is 2.19. The van der Waals surface area contributed by atoms with Gasteiger partial charge in [-0.25, -0.2) is 9.78 Å². The van der Waals surface area contributed by atoms with E-state index in [1.54, 1.807) is 18.2 Å². The van der Waals surface area contributed by atoms with Crippen LogP contribution in [0.1, 0.15) is 5.56 Å². The number of phenols is 1. The highest BCUT2D eigenvalue weighted by atomic mass is 17.2. The van der Waals surface area contributed by atoms with Crippen molar-refractivity contribution in [3.63, 3.8) is 0 Å². The monoisotopic (exact) mass is 348 g/mol. The maximum Gasteiger partial charge on any atom is 0.182 e. The van der Waals surface area contributed by atoms with Gasteiger partial charge in [0.05, 0.1) is 7.11 Å². The summed E-state index contributed by atoms with van der Waals surface area (Å²) in [5, 5.41) is 10.7. The van der Waals surface area contributed by atoms with Gasteiger partial charge in [-0.15, -0.1) is 0 Å². The van der Waals surface area contributed by atoms with E-state index < -0.39 is 0 Å². The van der Waals surface area contributed by atoms with Gasteiger partial charge in [0.2, 0.25) is 0 Å². The second-order valence-electron chi connectivity index (χ2n) is 5.90. The molecule has 0 radical (unpaired) electrons. The molecule has 2 aromatic carbocycles. The molecule has 1 N–H and O–H groups in total. The summed E-state index contributed by atoms with van der Waals surface area (Å²) in [7, 11) is 1.47. The summed E-state index contributed by atoms with van der Waals surface area (Å²) in [5.41, 5.74) is 3.97. The lowest BCUT2D eigenvalue weighted by Crippen LogP contribution is -2.01. The van der Waals surface area contributed by atoms with Crippen molar-refractivity contribution in [3.05, 3.63) is 76.5 Å². The second kappa shape index (κ2) is 6.63. The van der Waals surface area contributed by atoms with E-state index in [2.05, 4.69) is 0 Å². The number of phenolic OH excluding ortho intramolecular Hbond substituents is 1. The molecule has 130 valence electrons. The molecule has 0 spiro atoms. The molecule has 2 aromatic rings. The van der Waals surface area contributed by atoms with Gasteiger partial charge in [0.1, 0.15) is 23.7 Å². The third-order valence-corrected chi connectivity index (χ3v) is 4.30. The lowest BCUT2D eigenvalue weighted by atomic mass is 9.91. The van der Waals surface area contributed by atoms with Gasteiger partial charge in [0, 0.05) is 28.6 Å². The van der Waals surface area contributed by atoms with E-state index >= 15 is 0 Å². The fraction of sp³-hybridized carbons (Fsp3) is 0.0952. The van der Waals surface area contributed by atoms with Gasteiger partial charge in [0.15, 0.2) is 5.43 Å². The Hall–Kier alpha value is -3.15. The minimum Gasteiger partial charge on any atom is -0.508 e. The van der Waals surface area contributed by atoms with Crippen LogP contribution in [-0.4, -0.2) is 12.2 Å². The quantitative estimate of drug-likeness (QED) is 0.337. The van der Waals surface area contributed by atoms with Gasteiger partial charge in [-0.2, -0.15) is 0 Å². The molecule has 5 heteroatoms. The number of rotatable bonds is 4. The normalized spacial score (nSPS) is 11.3. The van der Waals surface area contributed by atoms with Crippen molar-refractivity contribution in [2.24, 2.45) is 0 Å². The molecule has 0 aromatic heterocycles. The van der Waals surface area contributed by atoms with Gasteiger partial charge < -0.3 is 9.52 Å². The lowest BCUT2D eigenvalue weighted by molar-refractivity contribution is -0.282. The van der Waals surface area contributed by atoms with Crippen molar-refractivity contribution in [1.29, 1.82) is 0 Å². The predicted octanol–water partition coefficient (Wildman–Crippen LogP) is 4.35. The predicted molar refractivity (Wildman–Crippen MR) is 98.0 cm³/mol. The maximum absolute atomic E-state index is 11.8. The van der Waals surface area contributed by atoms with E-state index in [4.69, 9.17) is 14.2 Å². The SMILES string of the molecule is COOCc1ccccc1-c1c2ccc(=O)cc-2oc2cc(O)ccc12. The maximum atomic E-state index is 11.8. The molecule has 0 saturated carbocycles. The van der Waals surface area contributed by atoms with Gasteiger partial charge in [-0.05, 0) is 35.4 Å². The molecule has 0 bridgehead atoms. The summed E-state index contributed by atoms with van der Waals surface area (Å²) in [6.45, 7) is 0.277. The smallest absolute Gasteiger partial charge is 0.182 e. The van der Waals surface area contributed by atoms with Crippen LogP contribution in [0.2, 0.25) is 0 Å². The van der Waals surface area contributed by atoms with Gasteiger partial charge in [-0.3, -0.25) is 4.79 Å². The molecule has 1 aliphatic carbocycles. The highest BCUT2D eigenvalue weighted by Crippen LogP contribution is 2.41. The topological polar surface area (TPSA) is 68.9 Å². The van der Waals surface area contributed by atoms with E-state index in [0.717, 1.165) is 27.6 Å². The van der Waals surface area contributed by atoms with E-state index in [1.807, 2.05) is 30.3 Å². The molecule has 4 rings (SSSR count).